The van der Waals surface area contributed by atoms with Crippen molar-refractivity contribution in [3.8, 4) is 0 Å². The third-order valence-corrected chi connectivity index (χ3v) is 4.86. The van der Waals surface area contributed by atoms with Crippen LogP contribution in [-0.2, 0) is 4.74 Å². The molecule has 2 aliphatic rings. The van der Waals surface area contributed by atoms with Gasteiger partial charge in [-0.2, -0.15) is 0 Å². The number of alkyl halides is 1. The van der Waals surface area contributed by atoms with Crippen molar-refractivity contribution in [2.45, 2.75) is 65.3 Å². The lowest BCUT2D eigenvalue weighted by atomic mass is 9.94. The first-order valence-corrected chi connectivity index (χ1v) is 9.18. The molecule has 0 aliphatic carbocycles. The van der Waals surface area contributed by atoms with Crippen LogP contribution in [0.4, 0.5) is 4.39 Å². The summed E-state index contributed by atoms with van der Waals surface area (Å²) in [4.78, 5) is 4.91. The Balaban J connectivity index is 1.68. The summed E-state index contributed by atoms with van der Waals surface area (Å²) in [5.74, 6) is 1.50. The van der Waals surface area contributed by atoms with E-state index in [0.717, 1.165) is 31.3 Å². The first-order chi connectivity index (χ1) is 10.4. The van der Waals surface area contributed by atoms with Gasteiger partial charge in [0.15, 0.2) is 0 Å². The highest BCUT2D eigenvalue weighted by Gasteiger charge is 2.32. The number of likely N-dealkylation sites (tertiary alicyclic amines) is 2. The van der Waals surface area contributed by atoms with E-state index in [9.17, 15) is 4.39 Å². The second kappa shape index (κ2) is 8.60. The summed E-state index contributed by atoms with van der Waals surface area (Å²) in [6, 6.07) is 0. The van der Waals surface area contributed by atoms with Gasteiger partial charge >= 0.3 is 0 Å². The maximum Gasteiger partial charge on any atom is 0.139 e. The van der Waals surface area contributed by atoms with Crippen LogP contribution in [0.3, 0.4) is 0 Å². The van der Waals surface area contributed by atoms with Gasteiger partial charge in [0.25, 0.3) is 0 Å². The average molecular weight is 314 g/mol. The fourth-order valence-corrected chi connectivity index (χ4v) is 3.85. The van der Waals surface area contributed by atoms with E-state index in [4.69, 9.17) is 4.74 Å². The molecule has 0 aromatic carbocycles. The highest BCUT2D eigenvalue weighted by atomic mass is 19.1. The maximum absolute atomic E-state index is 14.2. The largest absolute Gasteiger partial charge is 0.372 e. The lowest BCUT2D eigenvalue weighted by Gasteiger charge is -2.39. The van der Waals surface area contributed by atoms with Gasteiger partial charge in [-0.05, 0) is 58.0 Å². The van der Waals surface area contributed by atoms with Crippen LogP contribution in [0.1, 0.15) is 47.0 Å². The second-order valence-electron chi connectivity index (χ2n) is 7.93. The fraction of sp³-hybridized carbons (Fsp3) is 1.00. The Kier molecular flexibility index (Phi) is 7.10. The minimum absolute atomic E-state index is 0.125. The van der Waals surface area contributed by atoms with Crippen LogP contribution >= 0.6 is 0 Å². The molecule has 0 bridgehead atoms. The molecule has 2 unspecified atom stereocenters. The summed E-state index contributed by atoms with van der Waals surface area (Å²) in [5.41, 5.74) is 0. The zero-order valence-electron chi connectivity index (χ0n) is 14.9. The van der Waals surface area contributed by atoms with Crippen LogP contribution in [0.25, 0.3) is 0 Å². The van der Waals surface area contributed by atoms with Gasteiger partial charge in [0.05, 0.1) is 12.2 Å². The Morgan fingerprint density at radius 2 is 1.64 bits per heavy atom. The van der Waals surface area contributed by atoms with Crippen LogP contribution in [0.15, 0.2) is 0 Å². The number of halogens is 1. The summed E-state index contributed by atoms with van der Waals surface area (Å²) in [7, 11) is 0. The van der Waals surface area contributed by atoms with Gasteiger partial charge in [-0.15, -0.1) is 0 Å². The lowest BCUT2D eigenvalue weighted by molar-refractivity contribution is -0.0741. The molecule has 0 saturated carbocycles. The maximum atomic E-state index is 14.2. The molecular weight excluding hydrogens is 279 g/mol. The smallest absolute Gasteiger partial charge is 0.139 e. The molecular formula is C18H35FN2O. The quantitative estimate of drug-likeness (QED) is 0.749. The van der Waals surface area contributed by atoms with Gasteiger partial charge in [0.2, 0.25) is 0 Å². The first-order valence-electron chi connectivity index (χ1n) is 9.18. The van der Waals surface area contributed by atoms with E-state index in [1.54, 1.807) is 0 Å². The topological polar surface area (TPSA) is 15.7 Å². The molecule has 4 heteroatoms. The molecule has 0 N–H and O–H groups in total. The first kappa shape index (κ1) is 18.2. The van der Waals surface area contributed by atoms with Crippen LogP contribution in [0.2, 0.25) is 0 Å². The standard InChI is InChI=1S/C18H35FN2O/c1-14(2)11-20-8-5-16(6-9-20)12-21-10-7-18(17(19)13-21)22-15(3)4/h14-18H,5-13H2,1-4H3. The van der Waals surface area contributed by atoms with Gasteiger partial charge in [-0.25, -0.2) is 4.39 Å². The molecule has 2 saturated heterocycles. The Morgan fingerprint density at radius 1 is 1.00 bits per heavy atom. The van der Waals surface area contributed by atoms with E-state index in [0.29, 0.717) is 6.54 Å². The number of hydrogen-bond donors (Lipinski definition) is 0. The molecule has 130 valence electrons. The minimum Gasteiger partial charge on any atom is -0.372 e. The van der Waals surface area contributed by atoms with E-state index in [-0.39, 0.29) is 12.2 Å². The number of piperidine rings is 2. The summed E-state index contributed by atoms with van der Waals surface area (Å²) in [6.45, 7) is 14.8. The summed E-state index contributed by atoms with van der Waals surface area (Å²) in [6.07, 6.45) is 2.49. The molecule has 0 radical (unpaired) electrons. The molecule has 2 fully saturated rings. The molecule has 2 atom stereocenters. The SMILES string of the molecule is CC(C)CN1CCC(CN2CCC(OC(C)C)C(F)C2)CC1. The molecule has 0 amide bonds. The molecule has 0 aromatic rings. The molecule has 0 spiro atoms. The number of hydrogen-bond acceptors (Lipinski definition) is 3. The zero-order valence-corrected chi connectivity index (χ0v) is 14.9. The van der Waals surface area contributed by atoms with Crippen molar-refractivity contribution in [3.05, 3.63) is 0 Å². The number of nitrogens with zero attached hydrogens (tertiary/aromatic N) is 2. The Bertz CT molecular complexity index is 316. The highest BCUT2D eigenvalue weighted by Crippen LogP contribution is 2.23. The van der Waals surface area contributed by atoms with E-state index < -0.39 is 6.17 Å². The average Bonchev–Trinajstić information content (AvgIpc) is 2.43. The summed E-state index contributed by atoms with van der Waals surface area (Å²) < 4.78 is 19.9. The monoisotopic (exact) mass is 314 g/mol. The second-order valence-corrected chi connectivity index (χ2v) is 7.93. The Hall–Kier alpha value is -0.190. The van der Waals surface area contributed by atoms with E-state index >= 15 is 0 Å². The Labute approximate surface area is 136 Å². The van der Waals surface area contributed by atoms with E-state index in [1.807, 2.05) is 13.8 Å². The van der Waals surface area contributed by atoms with Crippen molar-refractivity contribution in [2.24, 2.45) is 11.8 Å². The molecule has 2 heterocycles. The van der Waals surface area contributed by atoms with Crippen LogP contribution in [-0.4, -0.2) is 67.4 Å². The molecule has 2 rings (SSSR count). The van der Waals surface area contributed by atoms with Crippen molar-refractivity contribution in [1.82, 2.24) is 9.80 Å². The minimum atomic E-state index is -0.822. The summed E-state index contributed by atoms with van der Waals surface area (Å²) >= 11 is 0. The molecule has 0 aromatic heterocycles. The Morgan fingerprint density at radius 3 is 2.18 bits per heavy atom. The van der Waals surface area contributed by atoms with E-state index in [2.05, 4.69) is 23.6 Å². The lowest BCUT2D eigenvalue weighted by Crippen LogP contribution is -2.49. The number of rotatable bonds is 6. The van der Waals surface area contributed by atoms with Gasteiger partial charge < -0.3 is 9.64 Å². The zero-order chi connectivity index (χ0) is 16.1. The van der Waals surface area contributed by atoms with Gasteiger partial charge in [0.1, 0.15) is 6.17 Å². The molecule has 22 heavy (non-hydrogen) atoms. The van der Waals surface area contributed by atoms with Gasteiger partial charge in [-0.1, -0.05) is 13.8 Å². The van der Waals surface area contributed by atoms with Crippen LogP contribution < -0.4 is 0 Å². The third kappa shape index (κ3) is 5.78. The van der Waals surface area contributed by atoms with Crippen molar-refractivity contribution in [1.29, 1.82) is 0 Å². The van der Waals surface area contributed by atoms with Crippen molar-refractivity contribution in [2.75, 3.05) is 39.3 Å². The van der Waals surface area contributed by atoms with Crippen LogP contribution in [0.5, 0.6) is 0 Å². The summed E-state index contributed by atoms with van der Waals surface area (Å²) in [5, 5.41) is 0. The highest BCUT2D eigenvalue weighted by molar-refractivity contribution is 4.84. The fourth-order valence-electron chi connectivity index (χ4n) is 3.85. The third-order valence-electron chi connectivity index (χ3n) is 4.86. The number of ether oxygens (including phenoxy) is 1. The predicted octanol–water partition coefficient (Wildman–Crippen LogP) is 3.19. The van der Waals surface area contributed by atoms with Crippen molar-refractivity contribution in [3.63, 3.8) is 0 Å². The predicted molar refractivity (Wildman–Crippen MR) is 90.0 cm³/mol. The molecule has 3 nitrogen and oxygen atoms in total. The normalized spacial score (nSPS) is 29.6. The molecule has 2 aliphatic heterocycles. The van der Waals surface area contributed by atoms with Gasteiger partial charge in [0, 0.05) is 26.2 Å². The van der Waals surface area contributed by atoms with Crippen molar-refractivity contribution >= 4 is 0 Å². The van der Waals surface area contributed by atoms with Gasteiger partial charge in [-0.3, -0.25) is 4.90 Å². The van der Waals surface area contributed by atoms with E-state index in [1.165, 1.54) is 32.5 Å². The van der Waals surface area contributed by atoms with Crippen LogP contribution in [0, 0.1) is 11.8 Å². The van der Waals surface area contributed by atoms with Crippen molar-refractivity contribution < 1.29 is 9.13 Å².